The number of hydrogen-bond donors (Lipinski definition) is 1. The number of benzene rings is 8. The molecule has 0 aliphatic heterocycles. The third-order valence-electron chi connectivity index (χ3n) is 10.8. The first-order chi connectivity index (χ1) is 31.2. The van der Waals surface area contributed by atoms with E-state index >= 15 is 0 Å². The van der Waals surface area contributed by atoms with Crippen LogP contribution in [-0.4, -0.2) is 25.8 Å². The highest BCUT2D eigenvalue weighted by Gasteiger charge is 2.17. The molecule has 63 heavy (non-hydrogen) atoms. The third kappa shape index (κ3) is 8.41. The Morgan fingerprint density at radius 3 is 1.71 bits per heavy atom. The monoisotopic (exact) mass is 836 g/mol. The smallest absolute Gasteiger partial charge is 0.162 e. The average molecular weight is 837 g/mol. The molecule has 308 valence electrons. The molecule has 8 aromatic carbocycles. The van der Waals surface area contributed by atoms with Crippen LogP contribution in [0.1, 0.15) is 20.8 Å². The Labute approximate surface area is 374 Å². The van der Waals surface area contributed by atoms with Gasteiger partial charge in [0.05, 0.1) is 11.0 Å². The van der Waals surface area contributed by atoms with Gasteiger partial charge in [0.1, 0.15) is 23.8 Å². The zero-order valence-corrected chi connectivity index (χ0v) is 36.8. The first-order valence-corrected chi connectivity index (χ1v) is 22.1. The highest BCUT2D eigenvalue weighted by Crippen LogP contribution is 2.40. The van der Waals surface area contributed by atoms with E-state index in [1.165, 1.54) is 45.9 Å². The van der Waals surface area contributed by atoms with E-state index in [-0.39, 0.29) is 0 Å². The predicted octanol–water partition coefficient (Wildman–Crippen LogP) is 16.0. The lowest BCUT2D eigenvalue weighted by atomic mass is 9.95. The van der Waals surface area contributed by atoms with Crippen LogP contribution in [0, 0.1) is 0 Å². The van der Waals surface area contributed by atoms with Crippen LogP contribution in [-0.2, 0) is 0 Å². The minimum atomic E-state index is 0.658. The summed E-state index contributed by atoms with van der Waals surface area (Å²) in [7, 11) is 0. The van der Waals surface area contributed by atoms with Crippen molar-refractivity contribution in [3.05, 3.63) is 207 Å². The largest absolute Gasteiger partial charge is 0.455 e. The fraction of sp³-hybridized carbons (Fsp3) is 0.0702. The molecule has 0 unspecified atom stereocenters. The molecule has 0 saturated carbocycles. The molecule has 0 aliphatic carbocycles. The van der Waals surface area contributed by atoms with Crippen LogP contribution in [0.15, 0.2) is 212 Å². The van der Waals surface area contributed by atoms with Gasteiger partial charge in [0.25, 0.3) is 0 Å². The van der Waals surface area contributed by atoms with Crippen molar-refractivity contribution in [1.29, 1.82) is 0 Å². The van der Waals surface area contributed by atoms with Gasteiger partial charge in [-0.2, -0.15) is 12.6 Å². The Kier molecular flexibility index (Phi) is 13.0. The first-order valence-electron chi connectivity index (χ1n) is 21.2. The van der Waals surface area contributed by atoms with Crippen molar-refractivity contribution in [2.75, 3.05) is 6.26 Å². The topological polar surface area (TPSA) is 56.7 Å². The summed E-state index contributed by atoms with van der Waals surface area (Å²) in [6.07, 6.45) is 6.52. The fourth-order valence-corrected chi connectivity index (χ4v) is 8.18. The summed E-state index contributed by atoms with van der Waals surface area (Å²) in [4.78, 5) is 12.8. The summed E-state index contributed by atoms with van der Waals surface area (Å²) in [5.74, 6) is 0.658. The summed E-state index contributed by atoms with van der Waals surface area (Å²) >= 11 is 3.53. The molecule has 0 N–H and O–H groups in total. The van der Waals surface area contributed by atoms with E-state index in [0.717, 1.165) is 66.3 Å². The first kappa shape index (κ1) is 42.2. The van der Waals surface area contributed by atoms with Gasteiger partial charge in [-0.05, 0) is 113 Å². The molecule has 5 nitrogen and oxygen atoms in total. The summed E-state index contributed by atoms with van der Waals surface area (Å²) < 4.78 is 9.02. The number of rotatable bonds is 6. The highest BCUT2D eigenvalue weighted by atomic mass is 32.1. The summed E-state index contributed by atoms with van der Waals surface area (Å²) in [5.41, 5.74) is 15.3. The Bertz CT molecular complexity index is 3320. The number of aromatic nitrogens is 4. The molecular formula is C57H48N4OS. The van der Waals surface area contributed by atoms with E-state index in [4.69, 9.17) is 4.42 Å². The predicted molar refractivity (Wildman–Crippen MR) is 271 cm³/mol. The van der Waals surface area contributed by atoms with Gasteiger partial charge in [0.15, 0.2) is 5.82 Å². The number of hydrogen-bond acceptors (Lipinski definition) is 5. The van der Waals surface area contributed by atoms with E-state index < -0.39 is 0 Å². The lowest BCUT2D eigenvalue weighted by Crippen LogP contribution is -1.94. The van der Waals surface area contributed by atoms with Crippen molar-refractivity contribution < 1.29 is 4.42 Å². The Morgan fingerprint density at radius 1 is 0.476 bits per heavy atom. The van der Waals surface area contributed by atoms with E-state index in [2.05, 4.69) is 221 Å². The Balaban J connectivity index is 0.000000738. The van der Waals surface area contributed by atoms with Crippen LogP contribution in [0.3, 0.4) is 0 Å². The molecular weight excluding hydrogens is 789 g/mol. The molecule has 0 spiro atoms. The average Bonchev–Trinajstić information content (AvgIpc) is 3.91. The molecule has 11 aromatic rings. The van der Waals surface area contributed by atoms with Gasteiger partial charge in [0, 0.05) is 38.4 Å². The summed E-state index contributed by atoms with van der Waals surface area (Å²) in [6.45, 7) is 9.25. The van der Waals surface area contributed by atoms with Crippen molar-refractivity contribution >= 4 is 56.4 Å². The zero-order valence-electron chi connectivity index (χ0n) is 35.9. The van der Waals surface area contributed by atoms with Crippen molar-refractivity contribution in [1.82, 2.24) is 19.5 Å². The van der Waals surface area contributed by atoms with Crippen LogP contribution in [0.25, 0.3) is 105 Å². The number of thiol groups is 1. The maximum absolute atomic E-state index is 6.68. The molecule has 0 bridgehead atoms. The van der Waals surface area contributed by atoms with Crippen LogP contribution < -0.4 is 0 Å². The number of furan rings is 1. The second-order valence-electron chi connectivity index (χ2n) is 14.5. The Morgan fingerprint density at radius 2 is 1.00 bits per heavy atom. The van der Waals surface area contributed by atoms with Crippen molar-refractivity contribution in [3.63, 3.8) is 0 Å². The number of allylic oxidation sites excluding steroid dienone is 1. The van der Waals surface area contributed by atoms with Crippen LogP contribution in [0.4, 0.5) is 0 Å². The second-order valence-corrected chi connectivity index (χ2v) is 14.5. The number of fused-ring (bicyclic) bond motifs is 6. The van der Waals surface area contributed by atoms with Gasteiger partial charge < -0.3 is 8.98 Å². The normalized spacial score (nSPS) is 10.7. The highest BCUT2D eigenvalue weighted by molar-refractivity contribution is 7.79. The molecule has 3 aromatic heterocycles. The van der Waals surface area contributed by atoms with Crippen molar-refractivity contribution in [2.24, 2.45) is 0 Å². The molecule has 3 heterocycles. The van der Waals surface area contributed by atoms with Gasteiger partial charge in [-0.1, -0.05) is 141 Å². The molecule has 0 saturated heterocycles. The van der Waals surface area contributed by atoms with Gasteiger partial charge in [-0.25, -0.2) is 15.0 Å². The van der Waals surface area contributed by atoms with E-state index in [1.807, 2.05) is 20.8 Å². The summed E-state index contributed by atoms with van der Waals surface area (Å²) in [5, 5.41) is 4.51. The van der Waals surface area contributed by atoms with E-state index in [9.17, 15) is 0 Å². The number of para-hydroxylation sites is 2. The van der Waals surface area contributed by atoms with Crippen LogP contribution >= 0.6 is 12.6 Å². The van der Waals surface area contributed by atoms with Crippen molar-refractivity contribution in [2.45, 2.75) is 20.8 Å². The van der Waals surface area contributed by atoms with Crippen molar-refractivity contribution in [3.8, 4) is 61.6 Å². The SMILES string of the molecule is C=CC.CC.CS.c1ccc(-c2cccc(-c3cccc(-c4ccc5oc6c(-c7cccc(-n8c9ccccc9c9cc(-c%10ncncn%10)ccc98)c7)cccc6c5c4)c3)c2)cc1. The van der Waals surface area contributed by atoms with Gasteiger partial charge in [0.2, 0.25) is 0 Å². The third-order valence-corrected chi connectivity index (χ3v) is 10.8. The quantitative estimate of drug-likeness (QED) is 0.134. The molecule has 0 aliphatic rings. The molecule has 0 fully saturated rings. The molecule has 6 heteroatoms. The second kappa shape index (κ2) is 19.4. The lowest BCUT2D eigenvalue weighted by Gasteiger charge is -2.11. The van der Waals surface area contributed by atoms with Gasteiger partial charge in [-0.15, -0.1) is 6.58 Å². The lowest BCUT2D eigenvalue weighted by molar-refractivity contribution is 0.670. The fourth-order valence-electron chi connectivity index (χ4n) is 8.18. The molecule has 11 rings (SSSR count). The van der Waals surface area contributed by atoms with Gasteiger partial charge in [-0.3, -0.25) is 0 Å². The maximum Gasteiger partial charge on any atom is 0.162 e. The standard InChI is InChI=1S/C51H32N4O.C3H6.C2H6.CH4S/c1-2-10-33(11-3-1)34-12-6-13-35(26-34)36-14-7-15-37(27-36)38-23-25-49-46(29-38)44-20-9-19-42(50(44)56-49)39-16-8-17-41(28-39)55-47-21-5-4-18-43(47)45-30-40(22-24-48(45)55)51-53-31-52-32-54-51;1-3-2;2*1-2/h1-32H;3H,1H2,2H3;1-2H3;2H,1H3. The number of nitrogens with zero attached hydrogens (tertiary/aromatic N) is 4. The molecule has 0 radical (unpaired) electrons. The van der Waals surface area contributed by atoms with E-state index in [0.29, 0.717) is 5.82 Å². The van der Waals surface area contributed by atoms with Crippen LogP contribution in [0.2, 0.25) is 0 Å². The molecule has 0 amide bonds. The summed E-state index contributed by atoms with van der Waals surface area (Å²) in [6, 6.07) is 64.8. The van der Waals surface area contributed by atoms with E-state index in [1.54, 1.807) is 12.3 Å². The van der Waals surface area contributed by atoms with Gasteiger partial charge >= 0.3 is 0 Å². The molecule has 0 atom stereocenters. The van der Waals surface area contributed by atoms with Crippen LogP contribution in [0.5, 0.6) is 0 Å². The maximum atomic E-state index is 6.68. The minimum absolute atomic E-state index is 0.658. The minimum Gasteiger partial charge on any atom is -0.455 e. The zero-order chi connectivity index (χ0) is 43.7. The Hall–Kier alpha value is -7.54.